The van der Waals surface area contributed by atoms with Gasteiger partial charge in [-0.3, -0.25) is 0 Å². The lowest BCUT2D eigenvalue weighted by Crippen LogP contribution is -1.99. The highest BCUT2D eigenvalue weighted by molar-refractivity contribution is 9.08. The first kappa shape index (κ1) is 16.0. The van der Waals surface area contributed by atoms with Gasteiger partial charge in [-0.15, -0.1) is 0 Å². The summed E-state index contributed by atoms with van der Waals surface area (Å²) in [6, 6.07) is 11.5. The van der Waals surface area contributed by atoms with Gasteiger partial charge in [0.1, 0.15) is 12.4 Å². The van der Waals surface area contributed by atoms with Crippen molar-refractivity contribution in [3.8, 4) is 17.2 Å². The number of benzene rings is 2. The van der Waals surface area contributed by atoms with Crippen LogP contribution in [0.3, 0.4) is 0 Å². The third-order valence-electron chi connectivity index (χ3n) is 2.96. The van der Waals surface area contributed by atoms with Gasteiger partial charge in [0.15, 0.2) is 11.5 Å². The second kappa shape index (κ2) is 7.57. The quantitative estimate of drug-likeness (QED) is 0.681. The molecule has 2 rings (SSSR count). The molecule has 0 aromatic heterocycles. The highest BCUT2D eigenvalue weighted by Gasteiger charge is 2.12. The van der Waals surface area contributed by atoms with Crippen molar-refractivity contribution in [2.45, 2.75) is 11.9 Å². The van der Waals surface area contributed by atoms with Gasteiger partial charge >= 0.3 is 0 Å². The minimum absolute atomic E-state index is 0.390. The third-order valence-corrected chi connectivity index (χ3v) is 3.89. The highest BCUT2D eigenvalue weighted by atomic mass is 79.9. The Morgan fingerprint density at radius 1 is 1.05 bits per heavy atom. The van der Waals surface area contributed by atoms with Crippen molar-refractivity contribution in [2.75, 3.05) is 14.2 Å². The van der Waals surface area contributed by atoms with E-state index in [1.807, 2.05) is 36.4 Å². The molecule has 0 saturated heterocycles. The smallest absolute Gasteiger partial charge is 0.180 e. The van der Waals surface area contributed by atoms with Gasteiger partial charge in [-0.1, -0.05) is 39.7 Å². The highest BCUT2D eigenvalue weighted by Crippen LogP contribution is 2.37. The van der Waals surface area contributed by atoms with Crippen LogP contribution in [0.1, 0.15) is 11.1 Å². The molecule has 5 heteroatoms. The zero-order valence-corrected chi connectivity index (χ0v) is 14.2. The molecule has 3 nitrogen and oxygen atoms in total. The fourth-order valence-corrected chi connectivity index (χ4v) is 2.52. The fraction of sp³-hybridized carbons (Fsp3) is 0.250. The third kappa shape index (κ3) is 4.05. The first-order valence-electron chi connectivity index (χ1n) is 6.36. The first-order valence-corrected chi connectivity index (χ1v) is 7.86. The van der Waals surface area contributed by atoms with E-state index in [0.29, 0.717) is 28.5 Å². The molecular weight excluding hydrogens is 356 g/mol. The summed E-state index contributed by atoms with van der Waals surface area (Å²) in [4.78, 5) is 0. The van der Waals surface area contributed by atoms with Crippen LogP contribution >= 0.6 is 27.5 Å². The molecule has 0 aliphatic heterocycles. The van der Waals surface area contributed by atoms with E-state index < -0.39 is 0 Å². The van der Waals surface area contributed by atoms with E-state index in [2.05, 4.69) is 15.9 Å². The normalized spacial score (nSPS) is 10.3. The lowest BCUT2D eigenvalue weighted by atomic mass is 10.2. The number of hydrogen-bond donors (Lipinski definition) is 0. The van der Waals surface area contributed by atoms with E-state index in [1.165, 1.54) is 0 Å². The largest absolute Gasteiger partial charge is 0.497 e. The summed E-state index contributed by atoms with van der Waals surface area (Å²) < 4.78 is 16.4. The van der Waals surface area contributed by atoms with Crippen LogP contribution in [0.4, 0.5) is 0 Å². The predicted octanol–water partition coefficient (Wildman–Crippen LogP) is 4.83. The van der Waals surface area contributed by atoms with Crippen LogP contribution in [-0.4, -0.2) is 14.2 Å². The van der Waals surface area contributed by atoms with Crippen LogP contribution in [0.2, 0.25) is 5.02 Å². The Balaban J connectivity index is 2.19. The average Bonchev–Trinajstić information content (AvgIpc) is 2.53. The number of rotatable bonds is 6. The molecule has 0 saturated carbocycles. The van der Waals surface area contributed by atoms with Crippen LogP contribution < -0.4 is 14.2 Å². The number of alkyl halides is 1. The lowest BCUT2D eigenvalue weighted by molar-refractivity contribution is 0.284. The molecule has 2 aromatic carbocycles. The molecule has 2 aromatic rings. The van der Waals surface area contributed by atoms with E-state index >= 15 is 0 Å². The van der Waals surface area contributed by atoms with E-state index in [0.717, 1.165) is 16.9 Å². The van der Waals surface area contributed by atoms with Gasteiger partial charge in [0.25, 0.3) is 0 Å². The van der Waals surface area contributed by atoms with Crippen molar-refractivity contribution in [1.29, 1.82) is 0 Å². The first-order chi connectivity index (χ1) is 10.2. The van der Waals surface area contributed by atoms with Crippen LogP contribution in [0.5, 0.6) is 17.2 Å². The Morgan fingerprint density at radius 2 is 1.86 bits per heavy atom. The van der Waals surface area contributed by atoms with Crippen molar-refractivity contribution < 1.29 is 14.2 Å². The van der Waals surface area contributed by atoms with Gasteiger partial charge < -0.3 is 14.2 Å². The maximum atomic E-state index is 6.27. The second-order valence-electron chi connectivity index (χ2n) is 4.38. The summed E-state index contributed by atoms with van der Waals surface area (Å²) in [7, 11) is 3.24. The Morgan fingerprint density at radius 3 is 2.52 bits per heavy atom. The van der Waals surface area contributed by atoms with E-state index in [4.69, 9.17) is 25.8 Å². The molecule has 112 valence electrons. The summed E-state index contributed by atoms with van der Waals surface area (Å²) in [5.74, 6) is 1.97. The Hall–Kier alpha value is -1.39. The lowest BCUT2D eigenvalue weighted by Gasteiger charge is -2.14. The van der Waals surface area contributed by atoms with Crippen molar-refractivity contribution in [1.82, 2.24) is 0 Å². The van der Waals surface area contributed by atoms with E-state index in [-0.39, 0.29) is 0 Å². The molecule has 0 bridgehead atoms. The second-order valence-corrected chi connectivity index (χ2v) is 5.35. The molecule has 0 amide bonds. The maximum Gasteiger partial charge on any atom is 0.180 e. The minimum Gasteiger partial charge on any atom is -0.497 e. The molecule has 0 atom stereocenters. The summed E-state index contributed by atoms with van der Waals surface area (Å²) in [6.07, 6.45) is 0. The van der Waals surface area contributed by atoms with Gasteiger partial charge in [0, 0.05) is 5.33 Å². The molecule has 0 fully saturated rings. The van der Waals surface area contributed by atoms with Gasteiger partial charge in [-0.2, -0.15) is 0 Å². The van der Waals surface area contributed by atoms with Gasteiger partial charge in [0.2, 0.25) is 0 Å². The van der Waals surface area contributed by atoms with Gasteiger partial charge in [-0.05, 0) is 35.4 Å². The zero-order valence-electron chi connectivity index (χ0n) is 11.9. The van der Waals surface area contributed by atoms with Crippen LogP contribution in [0.25, 0.3) is 0 Å². The molecule has 0 unspecified atom stereocenters. The number of ether oxygens (including phenoxy) is 3. The van der Waals surface area contributed by atoms with Crippen LogP contribution in [0.15, 0.2) is 36.4 Å². The Labute approximate surface area is 137 Å². The van der Waals surface area contributed by atoms with E-state index in [9.17, 15) is 0 Å². The van der Waals surface area contributed by atoms with Crippen LogP contribution in [0, 0.1) is 0 Å². The van der Waals surface area contributed by atoms with Gasteiger partial charge in [0.05, 0.1) is 19.2 Å². The summed E-state index contributed by atoms with van der Waals surface area (Å²) in [6.45, 7) is 0.390. The summed E-state index contributed by atoms with van der Waals surface area (Å²) >= 11 is 9.67. The molecule has 21 heavy (non-hydrogen) atoms. The maximum absolute atomic E-state index is 6.27. The Bertz CT molecular complexity index is 616. The monoisotopic (exact) mass is 370 g/mol. The molecular formula is C16H16BrClO3. The predicted molar refractivity (Wildman–Crippen MR) is 88.0 cm³/mol. The molecule has 0 radical (unpaired) electrons. The molecule has 0 aliphatic rings. The van der Waals surface area contributed by atoms with Gasteiger partial charge in [-0.25, -0.2) is 0 Å². The Kier molecular flexibility index (Phi) is 5.76. The van der Waals surface area contributed by atoms with Crippen LogP contribution in [-0.2, 0) is 11.9 Å². The van der Waals surface area contributed by atoms with Crippen molar-refractivity contribution in [2.24, 2.45) is 0 Å². The SMILES string of the molecule is COc1cccc(COc2c(Cl)cc(CBr)cc2OC)c1. The average molecular weight is 372 g/mol. The molecule has 0 spiro atoms. The van der Waals surface area contributed by atoms with Crippen molar-refractivity contribution >= 4 is 27.5 Å². The topological polar surface area (TPSA) is 27.7 Å². The van der Waals surface area contributed by atoms with Crippen molar-refractivity contribution in [3.63, 3.8) is 0 Å². The number of methoxy groups -OCH3 is 2. The minimum atomic E-state index is 0.390. The zero-order chi connectivity index (χ0) is 15.2. The fourth-order valence-electron chi connectivity index (χ4n) is 1.91. The summed E-state index contributed by atoms with van der Waals surface area (Å²) in [5.41, 5.74) is 2.03. The van der Waals surface area contributed by atoms with Crippen molar-refractivity contribution in [3.05, 3.63) is 52.5 Å². The standard InChI is InChI=1S/C16H16BrClO3/c1-19-13-5-3-4-11(6-13)10-21-16-14(18)7-12(9-17)8-15(16)20-2/h3-8H,9-10H2,1-2H3. The molecule has 0 aliphatic carbocycles. The van der Waals surface area contributed by atoms with E-state index in [1.54, 1.807) is 14.2 Å². The number of halogens is 2. The molecule has 0 heterocycles. The summed E-state index contributed by atoms with van der Waals surface area (Å²) in [5, 5.41) is 1.24. The molecule has 0 N–H and O–H groups in total. The number of hydrogen-bond acceptors (Lipinski definition) is 3.